The van der Waals surface area contributed by atoms with E-state index < -0.39 is 23.2 Å². The van der Waals surface area contributed by atoms with Crippen LogP contribution in [0, 0.1) is 5.82 Å². The van der Waals surface area contributed by atoms with Gasteiger partial charge in [-0.05, 0) is 49.4 Å². The predicted molar refractivity (Wildman–Crippen MR) is 73.6 cm³/mol. The molecule has 21 heavy (non-hydrogen) atoms. The summed E-state index contributed by atoms with van der Waals surface area (Å²) in [6, 6.07) is 2.39. The molecule has 2 aliphatic heterocycles. The van der Waals surface area contributed by atoms with Crippen LogP contribution in [0.4, 0.5) is 17.6 Å². The molecule has 1 nitrogen and oxygen atoms in total. The van der Waals surface area contributed by atoms with Gasteiger partial charge in [0.2, 0.25) is 0 Å². The Labute approximate surface area is 124 Å². The number of thioether (sulfide) groups is 1. The smallest absolute Gasteiger partial charge is 0.385 e. The quantitative estimate of drug-likeness (QED) is 0.770. The largest absolute Gasteiger partial charge is 0.416 e. The third-order valence-corrected chi connectivity index (χ3v) is 5.93. The molecule has 2 atom stereocenters. The minimum atomic E-state index is -4.58. The van der Waals surface area contributed by atoms with Gasteiger partial charge in [-0.1, -0.05) is 6.42 Å². The molecule has 2 fully saturated rings. The fraction of sp³-hybridized carbons (Fsp3) is 0.600. The van der Waals surface area contributed by atoms with E-state index in [1.165, 1.54) is 0 Å². The van der Waals surface area contributed by atoms with Crippen LogP contribution >= 0.6 is 11.8 Å². The number of rotatable bonds is 1. The molecule has 1 aromatic carbocycles. The van der Waals surface area contributed by atoms with Crippen molar-refractivity contribution < 1.29 is 22.7 Å². The highest BCUT2D eigenvalue weighted by Crippen LogP contribution is 2.51. The van der Waals surface area contributed by atoms with E-state index in [0.29, 0.717) is 0 Å². The Balaban J connectivity index is 2.04. The average Bonchev–Trinajstić information content (AvgIpc) is 2.36. The summed E-state index contributed by atoms with van der Waals surface area (Å²) in [4.78, 5) is 0. The summed E-state index contributed by atoms with van der Waals surface area (Å²) < 4.78 is 52.9. The van der Waals surface area contributed by atoms with E-state index in [2.05, 4.69) is 0 Å². The number of benzene rings is 1. The second-order valence-electron chi connectivity index (χ2n) is 5.94. The number of alkyl halides is 3. The van der Waals surface area contributed by atoms with Crippen LogP contribution in [-0.4, -0.2) is 15.6 Å². The summed E-state index contributed by atoms with van der Waals surface area (Å²) in [7, 11) is 0. The van der Waals surface area contributed by atoms with Gasteiger partial charge < -0.3 is 5.11 Å². The molecule has 116 valence electrons. The lowest BCUT2D eigenvalue weighted by Gasteiger charge is -2.44. The summed E-state index contributed by atoms with van der Waals surface area (Å²) in [5.41, 5.74) is -2.79. The van der Waals surface area contributed by atoms with E-state index >= 15 is 0 Å². The van der Waals surface area contributed by atoms with Gasteiger partial charge in [0.25, 0.3) is 0 Å². The Morgan fingerprint density at radius 3 is 2.33 bits per heavy atom. The standard InChI is InChI=1S/C15H16F4OS/c16-9-4-5-12(15(17,18)19)13(6-9)14(20)7-10-2-1-3-11(8-14)21-10/h4-6,10-11,20H,1-3,7-8H2. The van der Waals surface area contributed by atoms with Crippen molar-refractivity contribution in [1.29, 1.82) is 0 Å². The van der Waals surface area contributed by atoms with Crippen molar-refractivity contribution in [3.05, 3.63) is 35.1 Å². The lowest BCUT2D eigenvalue weighted by atomic mass is 9.78. The molecule has 0 saturated carbocycles. The van der Waals surface area contributed by atoms with Crippen molar-refractivity contribution in [3.8, 4) is 0 Å². The van der Waals surface area contributed by atoms with Gasteiger partial charge in [0.1, 0.15) is 5.82 Å². The van der Waals surface area contributed by atoms with Crippen LogP contribution in [-0.2, 0) is 11.8 Å². The van der Waals surface area contributed by atoms with Crippen molar-refractivity contribution in [2.24, 2.45) is 0 Å². The third kappa shape index (κ3) is 2.93. The second-order valence-corrected chi connectivity index (χ2v) is 7.54. The molecular weight excluding hydrogens is 304 g/mol. The van der Waals surface area contributed by atoms with Gasteiger partial charge in [-0.2, -0.15) is 24.9 Å². The van der Waals surface area contributed by atoms with Crippen LogP contribution in [0.2, 0.25) is 0 Å². The maximum absolute atomic E-state index is 13.5. The minimum absolute atomic E-state index is 0.159. The Kier molecular flexibility index (Phi) is 3.72. The summed E-state index contributed by atoms with van der Waals surface area (Å²) in [5.74, 6) is -0.741. The first kappa shape index (κ1) is 15.2. The van der Waals surface area contributed by atoms with Crippen LogP contribution in [0.1, 0.15) is 43.2 Å². The third-order valence-electron chi connectivity index (χ3n) is 4.36. The topological polar surface area (TPSA) is 20.2 Å². The highest BCUT2D eigenvalue weighted by Gasteiger charge is 2.47. The number of aliphatic hydroxyl groups is 1. The van der Waals surface area contributed by atoms with E-state index in [4.69, 9.17) is 0 Å². The number of hydrogen-bond donors (Lipinski definition) is 1. The number of hydrogen-bond acceptors (Lipinski definition) is 2. The maximum Gasteiger partial charge on any atom is 0.416 e. The van der Waals surface area contributed by atoms with Crippen LogP contribution in [0.25, 0.3) is 0 Å². The molecule has 2 saturated heterocycles. The van der Waals surface area contributed by atoms with Crippen LogP contribution in [0.15, 0.2) is 18.2 Å². The first-order chi connectivity index (χ1) is 9.78. The van der Waals surface area contributed by atoms with E-state index in [-0.39, 0.29) is 28.9 Å². The average molecular weight is 320 g/mol. The van der Waals surface area contributed by atoms with Gasteiger partial charge in [0.05, 0.1) is 11.2 Å². The Morgan fingerprint density at radius 1 is 1.14 bits per heavy atom. The molecule has 2 unspecified atom stereocenters. The zero-order valence-corrected chi connectivity index (χ0v) is 12.1. The number of fused-ring (bicyclic) bond motifs is 2. The van der Waals surface area contributed by atoms with Gasteiger partial charge in [-0.15, -0.1) is 0 Å². The molecule has 0 aromatic heterocycles. The molecule has 1 aromatic rings. The normalized spacial score (nSPS) is 33.0. The molecule has 0 aliphatic carbocycles. The summed E-state index contributed by atoms with van der Waals surface area (Å²) >= 11 is 1.75. The van der Waals surface area contributed by atoms with Gasteiger partial charge in [0.15, 0.2) is 0 Å². The van der Waals surface area contributed by atoms with Crippen molar-refractivity contribution in [3.63, 3.8) is 0 Å². The van der Waals surface area contributed by atoms with Gasteiger partial charge >= 0.3 is 6.18 Å². The van der Waals surface area contributed by atoms with E-state index in [1.54, 1.807) is 11.8 Å². The summed E-state index contributed by atoms with van der Waals surface area (Å²) in [6.07, 6.45) is -1.20. The maximum atomic E-state index is 13.5. The van der Waals surface area contributed by atoms with Crippen molar-refractivity contribution >= 4 is 11.8 Å². The Bertz CT molecular complexity index is 531. The Hall–Kier alpha value is -0.750. The monoisotopic (exact) mass is 320 g/mol. The van der Waals surface area contributed by atoms with Crippen LogP contribution in [0.5, 0.6) is 0 Å². The Morgan fingerprint density at radius 2 is 1.76 bits per heavy atom. The van der Waals surface area contributed by atoms with Gasteiger partial charge in [-0.3, -0.25) is 0 Å². The fourth-order valence-electron chi connectivity index (χ4n) is 3.49. The summed E-state index contributed by atoms with van der Waals surface area (Å²) in [6.45, 7) is 0. The van der Waals surface area contributed by atoms with Crippen molar-refractivity contribution in [1.82, 2.24) is 0 Å². The lowest BCUT2D eigenvalue weighted by Crippen LogP contribution is -2.41. The van der Waals surface area contributed by atoms with E-state index in [9.17, 15) is 22.7 Å². The van der Waals surface area contributed by atoms with Gasteiger partial charge in [0, 0.05) is 10.5 Å². The van der Waals surface area contributed by atoms with Crippen LogP contribution < -0.4 is 0 Å². The fourth-order valence-corrected chi connectivity index (χ4v) is 5.38. The molecule has 6 heteroatoms. The lowest BCUT2D eigenvalue weighted by molar-refractivity contribution is -0.141. The molecule has 0 radical (unpaired) electrons. The molecule has 2 heterocycles. The number of halogens is 4. The minimum Gasteiger partial charge on any atom is -0.385 e. The zero-order chi connectivity index (χ0) is 15.3. The molecular formula is C15H16F4OS. The van der Waals surface area contributed by atoms with Crippen LogP contribution in [0.3, 0.4) is 0 Å². The molecule has 2 aliphatic rings. The SMILES string of the molecule is OC1(c2cc(F)ccc2C(F)(F)F)CC2CCCC(C1)S2. The van der Waals surface area contributed by atoms with Crippen molar-refractivity contribution in [2.75, 3.05) is 0 Å². The highest BCUT2D eigenvalue weighted by molar-refractivity contribution is 8.00. The van der Waals surface area contributed by atoms with Gasteiger partial charge in [-0.25, -0.2) is 4.39 Å². The first-order valence-electron chi connectivity index (χ1n) is 7.03. The van der Waals surface area contributed by atoms with E-state index in [0.717, 1.165) is 37.5 Å². The van der Waals surface area contributed by atoms with E-state index in [1.807, 2.05) is 0 Å². The second kappa shape index (κ2) is 5.16. The van der Waals surface area contributed by atoms with Crippen molar-refractivity contribution in [2.45, 2.75) is 54.4 Å². The molecule has 2 bridgehead atoms. The molecule has 0 spiro atoms. The molecule has 3 rings (SSSR count). The zero-order valence-electron chi connectivity index (χ0n) is 11.3. The predicted octanol–water partition coefficient (Wildman–Crippen LogP) is 4.48. The molecule has 1 N–H and O–H groups in total. The highest BCUT2D eigenvalue weighted by atomic mass is 32.2. The first-order valence-corrected chi connectivity index (χ1v) is 7.97. The molecule has 0 amide bonds. The summed E-state index contributed by atoms with van der Waals surface area (Å²) in [5, 5.41) is 11.2.